The highest BCUT2D eigenvalue weighted by atomic mass is 16.6. The molecular weight excluding hydrogens is 204 g/mol. The number of nitrogens with zero attached hydrogens (tertiary/aromatic N) is 1. The van der Waals surface area contributed by atoms with Crippen molar-refractivity contribution in [1.29, 1.82) is 0 Å². The lowest BCUT2D eigenvalue weighted by Crippen LogP contribution is -2.23. The van der Waals surface area contributed by atoms with Gasteiger partial charge in [-0.25, -0.2) is 4.79 Å². The van der Waals surface area contributed by atoms with Gasteiger partial charge in [0.15, 0.2) is 0 Å². The maximum atomic E-state index is 11.9. The van der Waals surface area contributed by atoms with E-state index in [4.69, 9.17) is 4.74 Å². The van der Waals surface area contributed by atoms with Gasteiger partial charge in [-0.1, -0.05) is 0 Å². The summed E-state index contributed by atoms with van der Waals surface area (Å²) in [7, 11) is 0. The summed E-state index contributed by atoms with van der Waals surface area (Å²) in [5.41, 5.74) is 1.47. The summed E-state index contributed by atoms with van der Waals surface area (Å²) < 4.78 is 5.29. The van der Waals surface area contributed by atoms with Crippen LogP contribution in [-0.2, 0) is 4.74 Å². The first kappa shape index (κ1) is 10.7. The smallest absolute Gasteiger partial charge is 0.342 e. The van der Waals surface area contributed by atoms with Gasteiger partial charge in [0.2, 0.25) is 0 Å². The topological polar surface area (TPSA) is 55.0 Å². The lowest BCUT2D eigenvalue weighted by molar-refractivity contribution is 0.00717. The van der Waals surface area contributed by atoms with Gasteiger partial charge >= 0.3 is 5.97 Å². The Kier molecular flexibility index (Phi) is 2.42. The van der Waals surface area contributed by atoms with Crippen molar-refractivity contribution in [1.82, 2.24) is 9.97 Å². The van der Waals surface area contributed by atoms with Crippen molar-refractivity contribution in [2.24, 2.45) is 0 Å². The number of carbonyl (C=O) groups is 1. The third kappa shape index (κ3) is 2.05. The summed E-state index contributed by atoms with van der Waals surface area (Å²) in [6.07, 6.45) is 3.29. The molecule has 16 heavy (non-hydrogen) atoms. The van der Waals surface area contributed by atoms with E-state index in [-0.39, 0.29) is 5.97 Å². The van der Waals surface area contributed by atoms with Crippen LogP contribution >= 0.6 is 0 Å². The van der Waals surface area contributed by atoms with Crippen LogP contribution in [0.15, 0.2) is 24.5 Å². The number of rotatable bonds is 1. The van der Waals surface area contributed by atoms with Crippen LogP contribution in [0.3, 0.4) is 0 Å². The van der Waals surface area contributed by atoms with Gasteiger partial charge in [-0.2, -0.15) is 0 Å². The number of hydrogen-bond donors (Lipinski definition) is 1. The molecular formula is C12H14N2O2. The number of nitrogens with one attached hydrogen (secondary N) is 1. The average molecular weight is 218 g/mol. The van der Waals surface area contributed by atoms with Crippen LogP contribution in [0.5, 0.6) is 0 Å². The molecule has 4 nitrogen and oxygen atoms in total. The van der Waals surface area contributed by atoms with E-state index in [9.17, 15) is 4.79 Å². The zero-order valence-corrected chi connectivity index (χ0v) is 9.57. The molecule has 0 bridgehead atoms. The monoisotopic (exact) mass is 218 g/mol. The zero-order chi connectivity index (χ0) is 11.8. The number of H-pyrrole nitrogens is 1. The molecule has 2 rings (SSSR count). The molecule has 0 aromatic carbocycles. The highest BCUT2D eigenvalue weighted by Gasteiger charge is 2.20. The van der Waals surface area contributed by atoms with Crippen molar-refractivity contribution in [3.05, 3.63) is 30.1 Å². The van der Waals surface area contributed by atoms with E-state index in [0.717, 1.165) is 5.52 Å². The normalized spacial score (nSPS) is 11.7. The van der Waals surface area contributed by atoms with E-state index in [1.54, 1.807) is 12.4 Å². The minimum Gasteiger partial charge on any atom is -0.456 e. The summed E-state index contributed by atoms with van der Waals surface area (Å²) in [6, 6.07) is 3.69. The molecule has 0 unspecified atom stereocenters. The highest BCUT2D eigenvalue weighted by Crippen LogP contribution is 2.18. The summed E-state index contributed by atoms with van der Waals surface area (Å²) >= 11 is 0. The molecule has 0 saturated carbocycles. The number of ether oxygens (including phenoxy) is 1. The molecule has 0 aliphatic carbocycles. The summed E-state index contributed by atoms with van der Waals surface area (Å²) in [6.45, 7) is 5.52. The van der Waals surface area contributed by atoms with Gasteiger partial charge in [0.25, 0.3) is 0 Å². The number of fused-ring (bicyclic) bond motifs is 1. The molecule has 84 valence electrons. The molecule has 2 aromatic rings. The van der Waals surface area contributed by atoms with Crippen LogP contribution in [0.4, 0.5) is 0 Å². The molecule has 0 fully saturated rings. The largest absolute Gasteiger partial charge is 0.456 e. The molecule has 0 aliphatic rings. The Morgan fingerprint density at radius 2 is 2.19 bits per heavy atom. The number of carbonyl (C=O) groups excluding carboxylic acids is 1. The lowest BCUT2D eigenvalue weighted by Gasteiger charge is -2.18. The number of aromatic amines is 1. The second-order valence-corrected chi connectivity index (χ2v) is 4.60. The van der Waals surface area contributed by atoms with Gasteiger partial charge < -0.3 is 9.72 Å². The van der Waals surface area contributed by atoms with E-state index in [1.807, 2.05) is 32.9 Å². The van der Waals surface area contributed by atoms with Gasteiger partial charge in [-0.05, 0) is 32.9 Å². The SMILES string of the molecule is CC(C)(C)OC(=O)c1c[nH]c2cccnc12. The number of hydrogen-bond acceptors (Lipinski definition) is 3. The first-order valence-corrected chi connectivity index (χ1v) is 5.13. The fourth-order valence-corrected chi connectivity index (χ4v) is 1.44. The van der Waals surface area contributed by atoms with Crippen LogP contribution in [-0.4, -0.2) is 21.5 Å². The number of aromatic nitrogens is 2. The van der Waals surface area contributed by atoms with Crippen molar-refractivity contribution in [3.8, 4) is 0 Å². The summed E-state index contributed by atoms with van der Waals surface area (Å²) in [4.78, 5) is 19.0. The molecule has 0 radical (unpaired) electrons. The Balaban J connectivity index is 2.37. The average Bonchev–Trinajstić information content (AvgIpc) is 2.58. The van der Waals surface area contributed by atoms with Crippen LogP contribution in [0.2, 0.25) is 0 Å². The van der Waals surface area contributed by atoms with Crippen molar-refractivity contribution in [2.45, 2.75) is 26.4 Å². The van der Waals surface area contributed by atoms with Gasteiger partial charge in [-0.15, -0.1) is 0 Å². The van der Waals surface area contributed by atoms with Gasteiger partial charge in [0, 0.05) is 12.4 Å². The van der Waals surface area contributed by atoms with Crippen molar-refractivity contribution in [2.75, 3.05) is 0 Å². The Morgan fingerprint density at radius 3 is 2.88 bits per heavy atom. The Labute approximate surface area is 93.6 Å². The first-order chi connectivity index (χ1) is 7.47. The van der Waals surface area contributed by atoms with E-state index >= 15 is 0 Å². The number of pyridine rings is 1. The quantitative estimate of drug-likeness (QED) is 0.748. The molecule has 4 heteroatoms. The Morgan fingerprint density at radius 1 is 1.44 bits per heavy atom. The third-order valence-corrected chi connectivity index (χ3v) is 2.05. The third-order valence-electron chi connectivity index (χ3n) is 2.05. The predicted octanol–water partition coefficient (Wildman–Crippen LogP) is 2.52. The fourth-order valence-electron chi connectivity index (χ4n) is 1.44. The molecule has 1 N–H and O–H groups in total. The molecule has 0 saturated heterocycles. The maximum Gasteiger partial charge on any atom is 0.342 e. The summed E-state index contributed by atoms with van der Waals surface area (Å²) in [5.74, 6) is -0.350. The maximum absolute atomic E-state index is 11.9. The van der Waals surface area contributed by atoms with E-state index in [2.05, 4.69) is 9.97 Å². The second kappa shape index (κ2) is 3.63. The molecule has 0 aliphatic heterocycles. The van der Waals surface area contributed by atoms with Crippen LogP contribution in [0.25, 0.3) is 11.0 Å². The minimum absolute atomic E-state index is 0.350. The van der Waals surface area contributed by atoms with Crippen molar-refractivity contribution < 1.29 is 9.53 Å². The Bertz CT molecular complexity index is 523. The van der Waals surface area contributed by atoms with E-state index in [0.29, 0.717) is 11.1 Å². The Hall–Kier alpha value is -1.84. The van der Waals surface area contributed by atoms with Gasteiger partial charge in [-0.3, -0.25) is 4.98 Å². The second-order valence-electron chi connectivity index (χ2n) is 4.60. The first-order valence-electron chi connectivity index (χ1n) is 5.13. The molecule has 0 spiro atoms. The van der Waals surface area contributed by atoms with Crippen LogP contribution in [0.1, 0.15) is 31.1 Å². The van der Waals surface area contributed by atoms with Crippen molar-refractivity contribution in [3.63, 3.8) is 0 Å². The fraction of sp³-hybridized carbons (Fsp3) is 0.333. The molecule has 0 amide bonds. The number of esters is 1. The van der Waals surface area contributed by atoms with Gasteiger partial charge in [0.1, 0.15) is 16.7 Å². The van der Waals surface area contributed by atoms with Crippen LogP contribution < -0.4 is 0 Å². The minimum atomic E-state index is -0.491. The highest BCUT2D eigenvalue weighted by molar-refractivity contribution is 6.02. The zero-order valence-electron chi connectivity index (χ0n) is 9.57. The van der Waals surface area contributed by atoms with E-state index < -0.39 is 5.60 Å². The molecule has 0 atom stereocenters. The van der Waals surface area contributed by atoms with Gasteiger partial charge in [0.05, 0.1) is 5.52 Å². The van der Waals surface area contributed by atoms with Crippen molar-refractivity contribution >= 4 is 17.0 Å². The molecule has 2 aromatic heterocycles. The van der Waals surface area contributed by atoms with E-state index in [1.165, 1.54) is 0 Å². The lowest BCUT2D eigenvalue weighted by atomic mass is 10.2. The standard InChI is InChI=1S/C12H14N2O2/c1-12(2,3)16-11(15)8-7-14-9-5-4-6-13-10(8)9/h4-7,14H,1-3H3. The summed E-state index contributed by atoms with van der Waals surface area (Å²) in [5, 5.41) is 0. The van der Waals surface area contributed by atoms with Crippen LogP contribution in [0, 0.1) is 0 Å². The molecule has 2 heterocycles. The predicted molar refractivity (Wildman–Crippen MR) is 61.3 cm³/mol.